The summed E-state index contributed by atoms with van der Waals surface area (Å²) in [5.41, 5.74) is 0. The van der Waals surface area contributed by atoms with Gasteiger partial charge in [-0.1, -0.05) is 13.3 Å². The summed E-state index contributed by atoms with van der Waals surface area (Å²) in [5.74, 6) is 0. The Morgan fingerprint density at radius 1 is 1.60 bits per heavy atom. The Morgan fingerprint density at radius 2 is 2.10 bits per heavy atom. The molecule has 0 saturated heterocycles. The van der Waals surface area contributed by atoms with Gasteiger partial charge in [-0.2, -0.15) is 8.42 Å². The molecule has 61 valence electrons. The smallest absolute Gasteiger partial charge is 0.267 e. The number of hydrogen-bond donors (Lipinski definition) is 0. The van der Waals surface area contributed by atoms with Crippen LogP contribution in [0.1, 0.15) is 26.7 Å². The first-order valence-electron chi connectivity index (χ1n) is 3.22. The second kappa shape index (κ2) is 3.93. The van der Waals surface area contributed by atoms with Crippen molar-refractivity contribution in [3.63, 3.8) is 0 Å². The molecule has 0 spiro atoms. The molecule has 3 nitrogen and oxygen atoms in total. The molecule has 1 unspecified atom stereocenters. The van der Waals surface area contributed by atoms with E-state index in [0.717, 1.165) is 6.42 Å². The van der Waals surface area contributed by atoms with E-state index in [4.69, 9.17) is 0 Å². The largest absolute Gasteiger partial charge is 0.270 e. The van der Waals surface area contributed by atoms with Crippen LogP contribution in [0.2, 0.25) is 0 Å². The molecule has 0 aromatic rings. The summed E-state index contributed by atoms with van der Waals surface area (Å²) in [6.07, 6.45) is 1.46. The fourth-order valence-electron chi connectivity index (χ4n) is 0.667. The van der Waals surface area contributed by atoms with Crippen LogP contribution < -0.4 is 0 Å². The second-order valence-electron chi connectivity index (χ2n) is 2.21. The van der Waals surface area contributed by atoms with E-state index in [1.165, 1.54) is 0 Å². The topological polar surface area (TPSA) is 43.4 Å². The molecule has 10 heavy (non-hydrogen) atoms. The van der Waals surface area contributed by atoms with Gasteiger partial charge in [0, 0.05) is 0 Å². The van der Waals surface area contributed by atoms with Crippen LogP contribution in [-0.2, 0) is 14.3 Å². The van der Waals surface area contributed by atoms with E-state index in [1.807, 2.05) is 6.92 Å². The Kier molecular flexibility index (Phi) is 3.89. The van der Waals surface area contributed by atoms with Crippen molar-refractivity contribution in [3.8, 4) is 0 Å². The monoisotopic (exact) mass is 165 g/mol. The van der Waals surface area contributed by atoms with E-state index in [2.05, 4.69) is 11.3 Å². The molecule has 0 rings (SSSR count). The van der Waals surface area contributed by atoms with Crippen LogP contribution in [0.3, 0.4) is 0 Å². The third-order valence-electron chi connectivity index (χ3n) is 1.35. The van der Waals surface area contributed by atoms with Crippen LogP contribution in [-0.4, -0.2) is 13.7 Å². The van der Waals surface area contributed by atoms with Gasteiger partial charge in [0.1, 0.15) is 0 Å². The van der Waals surface area contributed by atoms with Crippen molar-refractivity contribution in [1.82, 2.24) is 0 Å². The molecule has 1 atom stereocenters. The minimum absolute atomic E-state index is 0.435. The van der Waals surface area contributed by atoms with Gasteiger partial charge in [0.2, 0.25) is 0 Å². The summed E-state index contributed by atoms with van der Waals surface area (Å²) >= 11 is 0. The highest BCUT2D eigenvalue weighted by atomic mass is 32.2. The maximum Gasteiger partial charge on any atom is 0.270 e. The van der Waals surface area contributed by atoms with Crippen LogP contribution in [0.4, 0.5) is 0 Å². The number of rotatable bonds is 4. The van der Waals surface area contributed by atoms with Crippen molar-refractivity contribution < 1.29 is 12.6 Å². The standard InChI is InChI=1S/C6H13O3S/c1-4-5-6(2)10(7,8)9-3/h6H,3-5H2,1-2H3. The summed E-state index contributed by atoms with van der Waals surface area (Å²) in [6.45, 7) is 3.54. The first kappa shape index (κ1) is 9.91. The lowest BCUT2D eigenvalue weighted by Crippen LogP contribution is -2.17. The molecule has 0 aliphatic carbocycles. The number of hydrogen-bond acceptors (Lipinski definition) is 3. The van der Waals surface area contributed by atoms with Gasteiger partial charge in [0.15, 0.2) is 0 Å². The molecular formula is C6H13O3S. The van der Waals surface area contributed by atoms with E-state index in [1.54, 1.807) is 6.92 Å². The quantitative estimate of drug-likeness (QED) is 0.590. The molecule has 0 amide bonds. The normalized spacial score (nSPS) is 15.1. The molecule has 0 aromatic carbocycles. The van der Waals surface area contributed by atoms with E-state index in [-0.39, 0.29) is 0 Å². The van der Waals surface area contributed by atoms with Crippen LogP contribution in [0.15, 0.2) is 0 Å². The van der Waals surface area contributed by atoms with Crippen molar-refractivity contribution in [2.75, 3.05) is 0 Å². The zero-order chi connectivity index (χ0) is 8.20. The Balaban J connectivity index is 4.06. The minimum Gasteiger partial charge on any atom is -0.267 e. The Labute approximate surface area is 62.5 Å². The maximum atomic E-state index is 10.8. The van der Waals surface area contributed by atoms with Crippen LogP contribution >= 0.6 is 0 Å². The van der Waals surface area contributed by atoms with Crippen LogP contribution in [0.25, 0.3) is 0 Å². The van der Waals surface area contributed by atoms with Gasteiger partial charge in [0.25, 0.3) is 10.1 Å². The van der Waals surface area contributed by atoms with E-state index in [9.17, 15) is 8.42 Å². The highest BCUT2D eigenvalue weighted by molar-refractivity contribution is 7.87. The predicted octanol–water partition coefficient (Wildman–Crippen LogP) is 1.31. The van der Waals surface area contributed by atoms with Crippen LogP contribution in [0.5, 0.6) is 0 Å². The van der Waals surface area contributed by atoms with Gasteiger partial charge >= 0.3 is 0 Å². The molecular weight excluding hydrogens is 152 g/mol. The summed E-state index contributed by atoms with van der Waals surface area (Å²) in [5, 5.41) is -0.435. The van der Waals surface area contributed by atoms with Crippen molar-refractivity contribution in [3.05, 3.63) is 7.11 Å². The SMILES string of the molecule is [CH2]OS(=O)(=O)C(C)CCC. The van der Waals surface area contributed by atoms with E-state index in [0.29, 0.717) is 6.42 Å². The lowest BCUT2D eigenvalue weighted by molar-refractivity contribution is 0.424. The average molecular weight is 165 g/mol. The highest BCUT2D eigenvalue weighted by Crippen LogP contribution is 2.08. The summed E-state index contributed by atoms with van der Waals surface area (Å²) in [7, 11) is -0.499. The summed E-state index contributed by atoms with van der Waals surface area (Å²) in [6, 6.07) is 0. The van der Waals surface area contributed by atoms with E-state index >= 15 is 0 Å². The van der Waals surface area contributed by atoms with Gasteiger partial charge in [-0.25, -0.2) is 0 Å². The molecule has 1 radical (unpaired) electrons. The maximum absolute atomic E-state index is 10.8. The van der Waals surface area contributed by atoms with Gasteiger partial charge in [-0.3, -0.25) is 4.18 Å². The first-order valence-corrected chi connectivity index (χ1v) is 4.69. The molecule has 0 saturated carbocycles. The Bertz CT molecular complexity index is 171. The van der Waals surface area contributed by atoms with Crippen LogP contribution in [0, 0.1) is 7.11 Å². The van der Waals surface area contributed by atoms with Gasteiger partial charge < -0.3 is 0 Å². The molecule has 0 N–H and O–H groups in total. The zero-order valence-electron chi connectivity index (χ0n) is 6.33. The second-order valence-corrected chi connectivity index (χ2v) is 4.24. The first-order chi connectivity index (χ1) is 4.54. The van der Waals surface area contributed by atoms with Crippen molar-refractivity contribution >= 4 is 10.1 Å². The van der Waals surface area contributed by atoms with E-state index < -0.39 is 15.4 Å². The zero-order valence-corrected chi connectivity index (χ0v) is 7.15. The van der Waals surface area contributed by atoms with Gasteiger partial charge in [0.05, 0.1) is 12.4 Å². The molecule has 0 aromatic heterocycles. The molecule has 0 heterocycles. The fraction of sp³-hybridized carbons (Fsp3) is 0.833. The summed E-state index contributed by atoms with van der Waals surface area (Å²) in [4.78, 5) is 0. The lowest BCUT2D eigenvalue weighted by atomic mass is 10.3. The Morgan fingerprint density at radius 3 is 2.40 bits per heavy atom. The van der Waals surface area contributed by atoms with Gasteiger partial charge in [-0.15, -0.1) is 0 Å². The lowest BCUT2D eigenvalue weighted by Gasteiger charge is -2.07. The molecule has 0 aliphatic heterocycles. The predicted molar refractivity (Wildman–Crippen MR) is 39.7 cm³/mol. The third kappa shape index (κ3) is 2.66. The van der Waals surface area contributed by atoms with Crippen molar-refractivity contribution in [1.29, 1.82) is 0 Å². The molecule has 4 heteroatoms. The fourth-order valence-corrected chi connectivity index (χ4v) is 1.42. The summed E-state index contributed by atoms with van der Waals surface area (Å²) < 4.78 is 25.7. The molecule has 0 aliphatic rings. The van der Waals surface area contributed by atoms with Crippen molar-refractivity contribution in [2.45, 2.75) is 31.9 Å². The third-order valence-corrected chi connectivity index (χ3v) is 2.90. The minimum atomic E-state index is -3.37. The molecule has 0 fully saturated rings. The average Bonchev–Trinajstić information content (AvgIpc) is 1.89. The molecule has 0 bridgehead atoms. The Hall–Kier alpha value is -0.0900. The van der Waals surface area contributed by atoms with Gasteiger partial charge in [-0.05, 0) is 13.3 Å². The highest BCUT2D eigenvalue weighted by Gasteiger charge is 2.18. The van der Waals surface area contributed by atoms with Crippen molar-refractivity contribution in [2.24, 2.45) is 0 Å².